The summed E-state index contributed by atoms with van der Waals surface area (Å²) >= 11 is 5.89. The smallest absolute Gasteiger partial charge is 0.329 e. The van der Waals surface area contributed by atoms with E-state index < -0.39 is 6.03 Å². The maximum atomic E-state index is 12.8. The average molecular weight is 399 g/mol. The molecule has 0 bridgehead atoms. The number of nitrogens with one attached hydrogen (secondary N) is 1. The first-order valence-electron chi connectivity index (χ1n) is 9.07. The molecular formula is C22H23ClN2O3. The summed E-state index contributed by atoms with van der Waals surface area (Å²) < 4.78 is 5.47. The molecule has 1 heterocycles. The minimum atomic E-state index is -0.429. The summed E-state index contributed by atoms with van der Waals surface area (Å²) in [5.74, 6) is 0.741. The molecule has 2 aromatic carbocycles. The van der Waals surface area contributed by atoms with Crippen LogP contribution in [0.1, 0.15) is 42.0 Å². The summed E-state index contributed by atoms with van der Waals surface area (Å²) in [7, 11) is 1.65. The summed E-state index contributed by atoms with van der Waals surface area (Å²) in [5, 5.41) is 3.29. The second-order valence-corrected chi connectivity index (χ2v) is 7.55. The van der Waals surface area contributed by atoms with E-state index >= 15 is 0 Å². The molecule has 0 spiro atoms. The molecule has 3 rings (SSSR count). The van der Waals surface area contributed by atoms with Gasteiger partial charge in [-0.1, -0.05) is 37.6 Å². The second kappa shape index (κ2) is 8.07. The van der Waals surface area contributed by atoms with Crippen molar-refractivity contribution in [2.75, 3.05) is 7.11 Å². The van der Waals surface area contributed by atoms with Gasteiger partial charge in [0.05, 0.1) is 13.7 Å². The molecule has 28 heavy (non-hydrogen) atoms. The first-order valence-corrected chi connectivity index (χ1v) is 9.45. The molecule has 146 valence electrons. The van der Waals surface area contributed by atoms with E-state index in [0.29, 0.717) is 5.02 Å². The molecule has 0 aliphatic carbocycles. The zero-order valence-corrected chi connectivity index (χ0v) is 17.1. The van der Waals surface area contributed by atoms with Crippen LogP contribution in [0.25, 0.3) is 6.08 Å². The summed E-state index contributed by atoms with van der Waals surface area (Å²) in [5.41, 5.74) is 3.99. The number of benzene rings is 2. The third-order valence-electron chi connectivity index (χ3n) is 4.76. The first-order chi connectivity index (χ1) is 13.3. The number of aryl methyl sites for hydroxylation is 1. The van der Waals surface area contributed by atoms with Gasteiger partial charge in [-0.2, -0.15) is 0 Å². The van der Waals surface area contributed by atoms with E-state index in [9.17, 15) is 9.59 Å². The van der Waals surface area contributed by atoms with Gasteiger partial charge in [0.1, 0.15) is 11.4 Å². The molecule has 0 saturated carbocycles. The molecule has 1 fully saturated rings. The number of amides is 3. The van der Waals surface area contributed by atoms with Crippen LogP contribution in [0, 0.1) is 6.92 Å². The fraction of sp³-hybridized carbons (Fsp3) is 0.273. The summed E-state index contributed by atoms with van der Waals surface area (Å²) in [6.45, 7) is 6.31. The molecule has 1 saturated heterocycles. The van der Waals surface area contributed by atoms with Crippen molar-refractivity contribution in [3.8, 4) is 5.75 Å². The SMILES string of the molecule is COc1cc(C)c(/C=C2\NC(=O)N(Cc3ccc(Cl)cc3)C2=O)cc1C(C)C. The number of halogens is 1. The number of rotatable bonds is 5. The highest BCUT2D eigenvalue weighted by atomic mass is 35.5. The van der Waals surface area contributed by atoms with Gasteiger partial charge in [0.15, 0.2) is 0 Å². The molecule has 1 N–H and O–H groups in total. The van der Waals surface area contributed by atoms with Crippen molar-refractivity contribution >= 4 is 29.6 Å². The fourth-order valence-corrected chi connectivity index (χ4v) is 3.27. The van der Waals surface area contributed by atoms with E-state index in [1.807, 2.05) is 19.1 Å². The number of hydrogen-bond donors (Lipinski definition) is 1. The van der Waals surface area contributed by atoms with Gasteiger partial charge >= 0.3 is 6.03 Å². The number of carbonyl (C=O) groups is 2. The molecule has 2 aromatic rings. The lowest BCUT2D eigenvalue weighted by Gasteiger charge is -2.15. The van der Waals surface area contributed by atoms with Crippen LogP contribution < -0.4 is 10.1 Å². The van der Waals surface area contributed by atoms with E-state index in [1.165, 1.54) is 4.90 Å². The Labute approximate surface area is 169 Å². The minimum Gasteiger partial charge on any atom is -0.496 e. The quantitative estimate of drug-likeness (QED) is 0.577. The van der Waals surface area contributed by atoms with Crippen LogP contribution in [0.3, 0.4) is 0 Å². The predicted octanol–water partition coefficient (Wildman–Crippen LogP) is 4.87. The Balaban J connectivity index is 1.89. The Bertz CT molecular complexity index is 949. The first kappa shape index (κ1) is 20.0. The zero-order chi connectivity index (χ0) is 20.4. The zero-order valence-electron chi connectivity index (χ0n) is 16.4. The van der Waals surface area contributed by atoms with Crippen LogP contribution in [0.5, 0.6) is 5.75 Å². The highest BCUT2D eigenvalue weighted by molar-refractivity contribution is 6.30. The summed E-state index contributed by atoms with van der Waals surface area (Å²) in [6, 6.07) is 10.6. The van der Waals surface area contributed by atoms with Crippen molar-refractivity contribution in [2.45, 2.75) is 33.2 Å². The topological polar surface area (TPSA) is 58.6 Å². The normalized spacial score (nSPS) is 15.5. The predicted molar refractivity (Wildman–Crippen MR) is 110 cm³/mol. The maximum Gasteiger partial charge on any atom is 0.329 e. The van der Waals surface area contributed by atoms with Crippen LogP contribution in [0.15, 0.2) is 42.1 Å². The van der Waals surface area contributed by atoms with Crippen molar-refractivity contribution in [1.82, 2.24) is 10.2 Å². The number of urea groups is 1. The van der Waals surface area contributed by atoms with Gasteiger partial charge < -0.3 is 10.1 Å². The maximum absolute atomic E-state index is 12.8. The number of carbonyl (C=O) groups excluding carboxylic acids is 2. The van der Waals surface area contributed by atoms with Gasteiger partial charge in [-0.25, -0.2) is 4.79 Å². The van der Waals surface area contributed by atoms with Crippen molar-refractivity contribution in [3.05, 3.63) is 69.4 Å². The van der Waals surface area contributed by atoms with Gasteiger partial charge in [-0.15, -0.1) is 0 Å². The van der Waals surface area contributed by atoms with Crippen molar-refractivity contribution in [1.29, 1.82) is 0 Å². The van der Waals surface area contributed by atoms with Crippen LogP contribution >= 0.6 is 11.6 Å². The standard InChI is InChI=1S/C22H23ClN2O3/c1-13(2)18-10-16(14(3)9-20(18)28-4)11-19-21(26)25(22(27)24-19)12-15-5-7-17(23)8-6-15/h5-11,13H,12H2,1-4H3,(H,24,27)/b19-11-. The Morgan fingerprint density at radius 3 is 2.46 bits per heavy atom. The number of nitrogens with zero attached hydrogens (tertiary/aromatic N) is 1. The number of methoxy groups -OCH3 is 1. The van der Waals surface area contributed by atoms with E-state index in [4.69, 9.17) is 16.3 Å². The van der Waals surface area contributed by atoms with Gasteiger partial charge in [-0.05, 0) is 65.4 Å². The molecule has 6 heteroatoms. The summed E-state index contributed by atoms with van der Waals surface area (Å²) in [4.78, 5) is 26.3. The lowest BCUT2D eigenvalue weighted by molar-refractivity contribution is -0.123. The van der Waals surface area contributed by atoms with E-state index in [0.717, 1.165) is 28.0 Å². The minimum absolute atomic E-state index is 0.192. The van der Waals surface area contributed by atoms with Gasteiger partial charge in [0.2, 0.25) is 0 Å². The molecule has 3 amide bonds. The number of imide groups is 1. The molecule has 1 aliphatic rings. The number of hydrogen-bond acceptors (Lipinski definition) is 3. The van der Waals surface area contributed by atoms with E-state index in [1.54, 1.807) is 37.5 Å². The average Bonchev–Trinajstić information content (AvgIpc) is 2.92. The molecular weight excluding hydrogens is 376 g/mol. The highest BCUT2D eigenvalue weighted by Gasteiger charge is 2.33. The fourth-order valence-electron chi connectivity index (χ4n) is 3.14. The van der Waals surface area contributed by atoms with Crippen molar-refractivity contribution in [3.63, 3.8) is 0 Å². The third kappa shape index (κ3) is 4.04. The lowest BCUT2D eigenvalue weighted by atomic mass is 9.96. The van der Waals surface area contributed by atoms with Crippen LogP contribution in [0.4, 0.5) is 4.79 Å². The van der Waals surface area contributed by atoms with E-state index in [2.05, 4.69) is 19.2 Å². The van der Waals surface area contributed by atoms with Crippen LogP contribution in [-0.4, -0.2) is 23.9 Å². The molecule has 1 aliphatic heterocycles. The molecule has 5 nitrogen and oxygen atoms in total. The van der Waals surface area contributed by atoms with Crippen molar-refractivity contribution in [2.24, 2.45) is 0 Å². The summed E-state index contributed by atoms with van der Waals surface area (Å²) in [6.07, 6.45) is 1.72. The molecule has 0 radical (unpaired) electrons. The van der Waals surface area contributed by atoms with Crippen LogP contribution in [0.2, 0.25) is 5.02 Å². The number of ether oxygens (including phenoxy) is 1. The van der Waals surface area contributed by atoms with Gasteiger partial charge in [0.25, 0.3) is 5.91 Å². The van der Waals surface area contributed by atoms with Crippen LogP contribution in [-0.2, 0) is 11.3 Å². The molecule has 0 unspecified atom stereocenters. The molecule has 0 atom stereocenters. The highest BCUT2D eigenvalue weighted by Crippen LogP contribution is 2.31. The van der Waals surface area contributed by atoms with Gasteiger partial charge in [-0.3, -0.25) is 9.69 Å². The third-order valence-corrected chi connectivity index (χ3v) is 5.01. The monoisotopic (exact) mass is 398 g/mol. The second-order valence-electron chi connectivity index (χ2n) is 7.11. The lowest BCUT2D eigenvalue weighted by Crippen LogP contribution is -2.30. The van der Waals surface area contributed by atoms with Crippen molar-refractivity contribution < 1.29 is 14.3 Å². The molecule has 0 aromatic heterocycles. The Kier molecular flexibility index (Phi) is 5.75. The Morgan fingerprint density at radius 2 is 1.86 bits per heavy atom. The van der Waals surface area contributed by atoms with Gasteiger partial charge in [0, 0.05) is 5.02 Å². The Hall–Kier alpha value is -2.79. The van der Waals surface area contributed by atoms with E-state index in [-0.39, 0.29) is 24.1 Å². The Morgan fingerprint density at radius 1 is 1.18 bits per heavy atom. The largest absolute Gasteiger partial charge is 0.496 e.